The fourth-order valence-electron chi connectivity index (χ4n) is 2.36. The predicted molar refractivity (Wildman–Crippen MR) is 87.6 cm³/mol. The number of nitrogen functional groups attached to an aromatic ring is 1. The number of hydrogen-bond acceptors (Lipinski definition) is 3. The first kappa shape index (κ1) is 15.5. The van der Waals surface area contributed by atoms with E-state index >= 15 is 0 Å². The molecular weight excluding hydrogens is 284 g/mol. The fraction of sp³-hybridized carbons (Fsp3) is 0.250. The molecule has 112 valence electrons. The Kier molecular flexibility index (Phi) is 4.34. The van der Waals surface area contributed by atoms with Crippen LogP contribution in [-0.2, 0) is 10.0 Å². The number of nitrogens with two attached hydrogens (primary N) is 1. The Morgan fingerprint density at radius 1 is 1.19 bits per heavy atom. The van der Waals surface area contributed by atoms with Gasteiger partial charge >= 0.3 is 0 Å². The average Bonchev–Trinajstić information content (AvgIpc) is 2.44. The Labute approximate surface area is 125 Å². The number of anilines is 1. The first-order valence-electron chi connectivity index (χ1n) is 6.79. The largest absolute Gasteiger partial charge is 0.398 e. The molecule has 0 bridgehead atoms. The molecule has 0 radical (unpaired) electrons. The third-order valence-corrected chi connectivity index (χ3v) is 5.49. The second-order valence-electron chi connectivity index (χ2n) is 5.16. The number of fused-ring (bicyclic) bond motifs is 1. The topological polar surface area (TPSA) is 63.4 Å². The number of benzene rings is 2. The van der Waals surface area contributed by atoms with Gasteiger partial charge in [0.15, 0.2) is 0 Å². The molecule has 21 heavy (non-hydrogen) atoms. The van der Waals surface area contributed by atoms with Gasteiger partial charge in [-0.25, -0.2) is 8.42 Å². The standard InChI is InChI=1S/C16H20N2O2S/c1-4-11-18(12(2)3)21(19,20)16-10-9-15(17)13-7-5-6-8-14(13)16/h4-10,12H,1,11,17H2,2-3H3. The summed E-state index contributed by atoms with van der Waals surface area (Å²) in [5, 5.41) is 1.40. The smallest absolute Gasteiger partial charge is 0.244 e. The molecule has 2 aromatic rings. The normalized spacial score (nSPS) is 12.2. The summed E-state index contributed by atoms with van der Waals surface area (Å²) < 4.78 is 27.3. The van der Waals surface area contributed by atoms with Crippen LogP contribution in [0.1, 0.15) is 13.8 Å². The first-order valence-corrected chi connectivity index (χ1v) is 8.23. The van der Waals surface area contributed by atoms with Crippen LogP contribution in [0.4, 0.5) is 5.69 Å². The van der Waals surface area contributed by atoms with Crippen LogP contribution < -0.4 is 5.73 Å². The summed E-state index contributed by atoms with van der Waals surface area (Å²) in [4.78, 5) is 0.280. The van der Waals surface area contributed by atoms with E-state index in [2.05, 4.69) is 6.58 Å². The minimum Gasteiger partial charge on any atom is -0.398 e. The molecule has 0 amide bonds. The minimum absolute atomic E-state index is 0.149. The summed E-state index contributed by atoms with van der Waals surface area (Å²) in [7, 11) is -3.60. The molecule has 0 aromatic heterocycles. The molecule has 0 atom stereocenters. The van der Waals surface area contributed by atoms with E-state index in [0.717, 1.165) is 5.39 Å². The van der Waals surface area contributed by atoms with Crippen molar-refractivity contribution in [1.82, 2.24) is 4.31 Å². The van der Waals surface area contributed by atoms with E-state index < -0.39 is 10.0 Å². The molecule has 0 heterocycles. The lowest BCUT2D eigenvalue weighted by atomic mass is 10.1. The number of hydrogen-bond donors (Lipinski definition) is 1. The molecule has 4 nitrogen and oxygen atoms in total. The molecule has 0 saturated carbocycles. The Hall–Kier alpha value is -1.85. The lowest BCUT2D eigenvalue weighted by Crippen LogP contribution is -2.37. The van der Waals surface area contributed by atoms with Gasteiger partial charge in [-0.05, 0) is 26.0 Å². The van der Waals surface area contributed by atoms with Crippen molar-refractivity contribution in [3.8, 4) is 0 Å². The molecule has 5 heteroatoms. The zero-order valence-electron chi connectivity index (χ0n) is 12.3. The molecule has 0 unspecified atom stereocenters. The zero-order valence-corrected chi connectivity index (χ0v) is 13.1. The van der Waals surface area contributed by atoms with E-state index in [1.54, 1.807) is 24.3 Å². The van der Waals surface area contributed by atoms with E-state index in [4.69, 9.17) is 5.73 Å². The summed E-state index contributed by atoms with van der Waals surface area (Å²) in [6.07, 6.45) is 1.59. The molecule has 2 rings (SSSR count). The van der Waals surface area contributed by atoms with Crippen molar-refractivity contribution in [1.29, 1.82) is 0 Å². The summed E-state index contributed by atoms with van der Waals surface area (Å²) in [6, 6.07) is 10.3. The number of nitrogens with zero attached hydrogens (tertiary/aromatic N) is 1. The molecule has 0 aliphatic carbocycles. The number of sulfonamides is 1. The van der Waals surface area contributed by atoms with E-state index in [0.29, 0.717) is 11.1 Å². The van der Waals surface area contributed by atoms with Gasteiger partial charge in [0, 0.05) is 29.0 Å². The molecule has 0 saturated heterocycles. The molecule has 0 spiro atoms. The highest BCUT2D eigenvalue weighted by Crippen LogP contribution is 2.30. The third kappa shape index (κ3) is 2.80. The van der Waals surface area contributed by atoms with Crippen LogP contribution in [0, 0.1) is 0 Å². The lowest BCUT2D eigenvalue weighted by Gasteiger charge is -2.25. The van der Waals surface area contributed by atoms with E-state index in [9.17, 15) is 8.42 Å². The van der Waals surface area contributed by atoms with Gasteiger partial charge in [0.1, 0.15) is 0 Å². The van der Waals surface area contributed by atoms with Crippen LogP contribution in [-0.4, -0.2) is 25.3 Å². The van der Waals surface area contributed by atoms with Gasteiger partial charge in [-0.3, -0.25) is 0 Å². The van der Waals surface area contributed by atoms with Crippen LogP contribution in [0.15, 0.2) is 53.9 Å². The van der Waals surface area contributed by atoms with E-state index in [-0.39, 0.29) is 17.5 Å². The highest BCUT2D eigenvalue weighted by molar-refractivity contribution is 7.89. The first-order chi connectivity index (χ1) is 9.89. The van der Waals surface area contributed by atoms with Gasteiger partial charge in [0.2, 0.25) is 10.0 Å². The maximum atomic E-state index is 12.9. The fourth-order valence-corrected chi connectivity index (χ4v) is 4.17. The van der Waals surface area contributed by atoms with Gasteiger partial charge in [-0.2, -0.15) is 4.31 Å². The van der Waals surface area contributed by atoms with E-state index in [1.165, 1.54) is 4.31 Å². The summed E-state index contributed by atoms with van der Waals surface area (Å²) >= 11 is 0. The van der Waals surface area contributed by atoms with Crippen molar-refractivity contribution < 1.29 is 8.42 Å². The molecule has 2 N–H and O–H groups in total. The van der Waals surface area contributed by atoms with Gasteiger partial charge in [-0.15, -0.1) is 6.58 Å². The van der Waals surface area contributed by atoms with Crippen LogP contribution in [0.25, 0.3) is 10.8 Å². The van der Waals surface area contributed by atoms with Crippen LogP contribution >= 0.6 is 0 Å². The summed E-state index contributed by atoms with van der Waals surface area (Å²) in [5.41, 5.74) is 6.51. The molecule has 0 aliphatic rings. The van der Waals surface area contributed by atoms with Crippen molar-refractivity contribution in [2.45, 2.75) is 24.8 Å². The Bertz CT molecular complexity index is 767. The molecule has 0 fully saturated rings. The average molecular weight is 304 g/mol. The molecule has 2 aromatic carbocycles. The van der Waals surface area contributed by atoms with Crippen LogP contribution in [0.2, 0.25) is 0 Å². The summed E-state index contributed by atoms with van der Waals surface area (Å²) in [6.45, 7) is 7.61. The van der Waals surface area contributed by atoms with Gasteiger partial charge in [0.05, 0.1) is 4.90 Å². The van der Waals surface area contributed by atoms with Crippen molar-refractivity contribution in [2.75, 3.05) is 12.3 Å². The SMILES string of the molecule is C=CCN(C(C)C)S(=O)(=O)c1ccc(N)c2ccccc12. The Morgan fingerprint density at radius 2 is 1.81 bits per heavy atom. The monoisotopic (exact) mass is 304 g/mol. The van der Waals surface area contributed by atoms with Crippen molar-refractivity contribution >= 4 is 26.5 Å². The van der Waals surface area contributed by atoms with Gasteiger partial charge < -0.3 is 5.73 Å². The maximum Gasteiger partial charge on any atom is 0.244 e. The highest BCUT2D eigenvalue weighted by atomic mass is 32.2. The van der Waals surface area contributed by atoms with Crippen molar-refractivity contribution in [2.24, 2.45) is 0 Å². The zero-order chi connectivity index (χ0) is 15.6. The second kappa shape index (κ2) is 5.87. The minimum atomic E-state index is -3.60. The Balaban J connectivity index is 2.70. The number of rotatable bonds is 5. The van der Waals surface area contributed by atoms with Crippen molar-refractivity contribution in [3.63, 3.8) is 0 Å². The lowest BCUT2D eigenvalue weighted by molar-refractivity contribution is 0.383. The highest BCUT2D eigenvalue weighted by Gasteiger charge is 2.27. The van der Waals surface area contributed by atoms with Gasteiger partial charge in [-0.1, -0.05) is 30.3 Å². The Morgan fingerprint density at radius 3 is 2.38 bits per heavy atom. The van der Waals surface area contributed by atoms with Crippen molar-refractivity contribution in [3.05, 3.63) is 49.1 Å². The second-order valence-corrected chi connectivity index (χ2v) is 7.01. The van der Waals surface area contributed by atoms with Crippen LogP contribution in [0.3, 0.4) is 0 Å². The maximum absolute atomic E-state index is 12.9. The molecular formula is C16H20N2O2S. The third-order valence-electron chi connectivity index (χ3n) is 3.39. The predicted octanol–water partition coefficient (Wildman–Crippen LogP) is 3.01. The van der Waals surface area contributed by atoms with Gasteiger partial charge in [0.25, 0.3) is 0 Å². The summed E-state index contributed by atoms with van der Waals surface area (Å²) in [5.74, 6) is 0. The molecule has 0 aliphatic heterocycles. The van der Waals surface area contributed by atoms with Crippen LogP contribution in [0.5, 0.6) is 0 Å². The quantitative estimate of drug-likeness (QED) is 0.682. The van der Waals surface area contributed by atoms with E-state index in [1.807, 2.05) is 32.0 Å².